The largest absolute Gasteiger partial charge is 0.441 e. The van der Waals surface area contributed by atoms with Crippen molar-refractivity contribution in [3.8, 4) is 22.6 Å². The Morgan fingerprint density at radius 3 is 2.24 bits per heavy atom. The zero-order valence-electron chi connectivity index (χ0n) is 17.1. The van der Waals surface area contributed by atoms with Gasteiger partial charge in [0.25, 0.3) is 0 Å². The van der Waals surface area contributed by atoms with Crippen molar-refractivity contribution < 1.29 is 9.52 Å². The van der Waals surface area contributed by atoms with E-state index in [1.54, 1.807) is 0 Å². The summed E-state index contributed by atoms with van der Waals surface area (Å²) < 4.78 is 5.96. The quantitative estimate of drug-likeness (QED) is 0.600. The van der Waals surface area contributed by atoms with Gasteiger partial charge in [-0.1, -0.05) is 36.4 Å². The van der Waals surface area contributed by atoms with Crippen molar-refractivity contribution in [2.24, 2.45) is 0 Å². The Morgan fingerprint density at radius 1 is 1.03 bits per heavy atom. The third-order valence-corrected chi connectivity index (χ3v) is 5.82. The van der Waals surface area contributed by atoms with Gasteiger partial charge in [0.05, 0.1) is 12.3 Å². The normalized spacial score (nSPS) is 16.7. The van der Waals surface area contributed by atoms with E-state index in [-0.39, 0.29) is 19.0 Å². The zero-order valence-corrected chi connectivity index (χ0v) is 17.9. The number of benzene rings is 2. The Hall–Kier alpha value is -2.14. The van der Waals surface area contributed by atoms with Crippen LogP contribution in [0.4, 0.5) is 0 Å². The molecular weight excluding hydrogens is 384 g/mol. The molecule has 1 atom stereocenters. The first-order valence-corrected chi connectivity index (χ1v) is 10.1. The molecule has 154 valence electrons. The van der Waals surface area contributed by atoms with Crippen LogP contribution in [0.5, 0.6) is 0 Å². The molecule has 0 spiro atoms. The number of rotatable bonds is 6. The Morgan fingerprint density at radius 2 is 1.66 bits per heavy atom. The molecule has 4 rings (SSSR count). The first-order valence-electron chi connectivity index (χ1n) is 10.1. The topological polar surface area (TPSA) is 49.5 Å². The van der Waals surface area contributed by atoms with Gasteiger partial charge in [-0.05, 0) is 62.1 Å². The molecule has 1 aliphatic heterocycles. The Bertz CT molecular complexity index is 919. The molecule has 2 heterocycles. The van der Waals surface area contributed by atoms with Crippen LogP contribution in [-0.4, -0.2) is 34.1 Å². The average Bonchev–Trinajstić information content (AvgIpc) is 3.31. The molecule has 0 radical (unpaired) electrons. The maximum atomic E-state index is 9.18. The molecular formula is C24H29ClN2O2. The van der Waals surface area contributed by atoms with Gasteiger partial charge in [-0.3, -0.25) is 0 Å². The minimum atomic E-state index is 0. The molecule has 0 bridgehead atoms. The molecule has 0 unspecified atom stereocenters. The highest BCUT2D eigenvalue weighted by Crippen LogP contribution is 2.27. The fourth-order valence-corrected chi connectivity index (χ4v) is 3.97. The molecule has 1 saturated heterocycles. The number of aromatic nitrogens is 1. The van der Waals surface area contributed by atoms with Crippen LogP contribution in [-0.2, 0) is 13.0 Å². The summed E-state index contributed by atoms with van der Waals surface area (Å²) in [7, 11) is 0. The molecule has 1 N–H and O–H groups in total. The molecule has 3 aromatic rings. The van der Waals surface area contributed by atoms with Crippen LogP contribution in [0, 0.1) is 6.92 Å². The fraction of sp³-hybridized carbons (Fsp3) is 0.375. The van der Waals surface area contributed by atoms with E-state index in [1.807, 2.05) is 31.2 Å². The molecule has 1 aliphatic rings. The van der Waals surface area contributed by atoms with Gasteiger partial charge in [-0.25, -0.2) is 4.98 Å². The minimum Gasteiger partial charge on any atom is -0.441 e. The molecule has 1 fully saturated rings. The number of aliphatic hydroxyl groups excluding tert-OH is 1. The van der Waals surface area contributed by atoms with Gasteiger partial charge in [0.15, 0.2) is 0 Å². The second-order valence-electron chi connectivity index (χ2n) is 7.73. The van der Waals surface area contributed by atoms with Gasteiger partial charge < -0.3 is 14.4 Å². The molecule has 4 nitrogen and oxygen atoms in total. The molecule has 2 aromatic carbocycles. The Labute approximate surface area is 179 Å². The van der Waals surface area contributed by atoms with Crippen molar-refractivity contribution in [3.63, 3.8) is 0 Å². The van der Waals surface area contributed by atoms with Crippen LogP contribution in [0.15, 0.2) is 52.9 Å². The van der Waals surface area contributed by atoms with Gasteiger partial charge in [-0.2, -0.15) is 0 Å². The van der Waals surface area contributed by atoms with E-state index in [1.165, 1.54) is 19.4 Å². The van der Waals surface area contributed by atoms with Crippen molar-refractivity contribution in [1.82, 2.24) is 9.88 Å². The van der Waals surface area contributed by atoms with Crippen molar-refractivity contribution >= 4 is 12.4 Å². The zero-order chi connectivity index (χ0) is 19.5. The number of aliphatic hydroxyl groups is 1. The van der Waals surface area contributed by atoms with Gasteiger partial charge in [0.1, 0.15) is 5.76 Å². The van der Waals surface area contributed by atoms with Gasteiger partial charge in [-0.15, -0.1) is 12.4 Å². The first-order chi connectivity index (χ1) is 13.6. The third-order valence-electron chi connectivity index (χ3n) is 5.82. The third kappa shape index (κ3) is 4.89. The first kappa shape index (κ1) is 21.6. The second-order valence-corrected chi connectivity index (χ2v) is 7.73. The highest BCUT2D eigenvalue weighted by Gasteiger charge is 2.21. The number of nitrogens with zero attached hydrogens (tertiary/aromatic N) is 2. The summed E-state index contributed by atoms with van der Waals surface area (Å²) in [5.41, 5.74) is 5.26. The van der Waals surface area contributed by atoms with Gasteiger partial charge in [0.2, 0.25) is 5.89 Å². The number of likely N-dealkylation sites (tertiary alicyclic amines) is 1. The monoisotopic (exact) mass is 412 g/mol. The maximum Gasteiger partial charge on any atom is 0.226 e. The number of halogens is 1. The van der Waals surface area contributed by atoms with Gasteiger partial charge >= 0.3 is 0 Å². The molecule has 5 heteroatoms. The molecule has 29 heavy (non-hydrogen) atoms. The van der Waals surface area contributed by atoms with Crippen LogP contribution in [0.25, 0.3) is 22.6 Å². The molecule has 0 saturated carbocycles. The van der Waals surface area contributed by atoms with Crippen molar-refractivity contribution in [1.29, 1.82) is 0 Å². The summed E-state index contributed by atoms with van der Waals surface area (Å²) in [5, 5.41) is 9.18. The van der Waals surface area contributed by atoms with Crippen LogP contribution < -0.4 is 0 Å². The predicted molar refractivity (Wildman–Crippen MR) is 119 cm³/mol. The smallest absolute Gasteiger partial charge is 0.226 e. The summed E-state index contributed by atoms with van der Waals surface area (Å²) in [6, 6.07) is 17.0. The van der Waals surface area contributed by atoms with Crippen LogP contribution in [0.2, 0.25) is 0 Å². The lowest BCUT2D eigenvalue weighted by atomic mass is 10.0. The summed E-state index contributed by atoms with van der Waals surface area (Å²) >= 11 is 0. The lowest BCUT2D eigenvalue weighted by Gasteiger charge is -2.20. The van der Waals surface area contributed by atoms with Crippen molar-refractivity contribution in [2.75, 3.05) is 13.1 Å². The van der Waals surface area contributed by atoms with E-state index in [0.29, 0.717) is 11.9 Å². The van der Waals surface area contributed by atoms with E-state index < -0.39 is 0 Å². The Balaban J connectivity index is 0.00000240. The van der Waals surface area contributed by atoms with Crippen LogP contribution >= 0.6 is 12.4 Å². The molecule has 0 aliphatic carbocycles. The summed E-state index contributed by atoms with van der Waals surface area (Å²) in [5.74, 6) is 1.62. The van der Waals surface area contributed by atoms with Crippen LogP contribution in [0.3, 0.4) is 0 Å². The number of oxazole rings is 1. The van der Waals surface area contributed by atoms with E-state index in [4.69, 9.17) is 9.40 Å². The highest BCUT2D eigenvalue weighted by atomic mass is 35.5. The van der Waals surface area contributed by atoms with E-state index in [0.717, 1.165) is 46.7 Å². The van der Waals surface area contributed by atoms with Gasteiger partial charge in [0, 0.05) is 24.6 Å². The lowest BCUT2D eigenvalue weighted by molar-refractivity contribution is 0.271. The van der Waals surface area contributed by atoms with E-state index >= 15 is 0 Å². The number of aryl methyl sites for hydroxylation is 1. The fourth-order valence-electron chi connectivity index (χ4n) is 3.97. The minimum absolute atomic E-state index is 0. The maximum absolute atomic E-state index is 9.18. The predicted octanol–water partition coefficient (Wildman–Crippen LogP) is 5.26. The van der Waals surface area contributed by atoms with Crippen LogP contribution in [0.1, 0.15) is 36.8 Å². The highest BCUT2D eigenvalue weighted by molar-refractivity contribution is 5.85. The van der Waals surface area contributed by atoms with E-state index in [2.05, 4.69) is 36.1 Å². The summed E-state index contributed by atoms with van der Waals surface area (Å²) in [6.07, 6.45) is 3.55. The summed E-state index contributed by atoms with van der Waals surface area (Å²) in [4.78, 5) is 7.32. The van der Waals surface area contributed by atoms with Crippen molar-refractivity contribution in [2.45, 2.75) is 45.8 Å². The second kappa shape index (κ2) is 9.57. The van der Waals surface area contributed by atoms with E-state index in [9.17, 15) is 5.11 Å². The Kier molecular flexibility index (Phi) is 7.12. The van der Waals surface area contributed by atoms with Crippen molar-refractivity contribution in [3.05, 3.63) is 65.5 Å². The number of hydrogen-bond donors (Lipinski definition) is 1. The molecule has 1 aromatic heterocycles. The lowest BCUT2D eigenvalue weighted by Crippen LogP contribution is -2.29. The summed E-state index contributed by atoms with van der Waals surface area (Å²) in [6.45, 7) is 6.65. The average molecular weight is 413 g/mol. The SMILES string of the molecule is Cc1oc(-c2ccc(-c3ccc(CO)cc3)cc2)nc1CCN1CCC[C@H]1C.Cl. The molecule has 0 amide bonds. The number of hydrogen-bond acceptors (Lipinski definition) is 4. The standard InChI is InChI=1S/C24H28N2O2.ClH/c1-17-4-3-14-26(17)15-13-23-18(2)28-24(25-23)22-11-9-21(10-12-22)20-7-5-19(16-27)6-8-20;/h5-12,17,27H,3-4,13-16H2,1-2H3;1H/t17-;/m1./s1.